The highest BCUT2D eigenvalue weighted by molar-refractivity contribution is 5.85. The first-order valence-corrected chi connectivity index (χ1v) is 12.7. The van der Waals surface area contributed by atoms with Gasteiger partial charge < -0.3 is 9.22 Å². The lowest BCUT2D eigenvalue weighted by molar-refractivity contribution is -0.945. The van der Waals surface area contributed by atoms with Gasteiger partial charge in [-0.25, -0.2) is 9.18 Å². The summed E-state index contributed by atoms with van der Waals surface area (Å²) < 4.78 is 20.3. The highest BCUT2D eigenvalue weighted by Gasteiger charge is 2.47. The fraction of sp³-hybridized carbons (Fsp3) is 0.367. The predicted octanol–water partition coefficient (Wildman–Crippen LogP) is 6.13. The minimum Gasteiger partial charge on any atom is -0.440 e. The molecule has 1 N–H and O–H groups in total. The number of nitrogens with one attached hydrogen (secondary N) is 1. The quantitative estimate of drug-likeness (QED) is 0.420. The predicted molar refractivity (Wildman–Crippen MR) is 137 cm³/mol. The standard InChI is InChI=1S/C30H33FN2O2/c1-22-6-8-23(9-7-22)14-17-33-18-15-25(16-19-33)29(21-33)35-30(34)32-28-5-3-2-4-26(28)20-24-10-12-27(31)13-11-24/h2-13,25,29H,14-21H2,1H3/p+1. The van der Waals surface area contributed by atoms with Gasteiger partial charge in [-0.3, -0.25) is 5.32 Å². The van der Waals surface area contributed by atoms with Gasteiger partial charge in [-0.2, -0.15) is 0 Å². The molecule has 0 aromatic heterocycles. The molecular weight excluding hydrogens is 439 g/mol. The third-order valence-electron chi connectivity index (χ3n) is 7.86. The maximum absolute atomic E-state index is 13.3. The van der Waals surface area contributed by atoms with Gasteiger partial charge in [0.15, 0.2) is 6.10 Å². The van der Waals surface area contributed by atoms with Crippen LogP contribution in [-0.4, -0.2) is 42.9 Å². The number of carbonyl (C=O) groups excluding carboxylic acids is 1. The highest BCUT2D eigenvalue weighted by atomic mass is 19.1. The van der Waals surface area contributed by atoms with Crippen molar-refractivity contribution in [1.82, 2.24) is 0 Å². The summed E-state index contributed by atoms with van der Waals surface area (Å²) in [4.78, 5) is 12.9. The van der Waals surface area contributed by atoms with Gasteiger partial charge >= 0.3 is 6.09 Å². The summed E-state index contributed by atoms with van der Waals surface area (Å²) >= 11 is 0. The van der Waals surface area contributed by atoms with E-state index >= 15 is 0 Å². The van der Waals surface area contributed by atoms with E-state index < -0.39 is 0 Å². The zero-order valence-electron chi connectivity index (χ0n) is 20.4. The van der Waals surface area contributed by atoms with Gasteiger partial charge in [0.1, 0.15) is 12.4 Å². The number of quaternary nitrogens is 1. The summed E-state index contributed by atoms with van der Waals surface area (Å²) in [6, 6.07) is 23.0. The molecule has 3 aliphatic rings. The Morgan fingerprint density at radius 1 is 0.971 bits per heavy atom. The van der Waals surface area contributed by atoms with E-state index in [0.717, 1.165) is 53.6 Å². The molecule has 3 fully saturated rings. The second-order valence-corrected chi connectivity index (χ2v) is 10.3. The minimum atomic E-state index is -0.382. The normalized spacial score (nSPS) is 23.1. The van der Waals surface area contributed by atoms with Gasteiger partial charge in [0, 0.05) is 30.9 Å². The SMILES string of the molecule is Cc1ccc(CC[N+]23CCC(CC2)C(OC(=O)Nc2ccccc2Cc2ccc(F)cc2)C3)cc1. The summed E-state index contributed by atoms with van der Waals surface area (Å²) in [7, 11) is 0. The number of para-hydroxylation sites is 1. The van der Waals surface area contributed by atoms with E-state index in [-0.39, 0.29) is 18.0 Å². The van der Waals surface area contributed by atoms with Crippen molar-refractivity contribution in [3.8, 4) is 0 Å². The van der Waals surface area contributed by atoms with Crippen molar-refractivity contribution in [2.45, 2.75) is 38.7 Å². The number of hydrogen-bond donors (Lipinski definition) is 1. The van der Waals surface area contributed by atoms with E-state index in [1.807, 2.05) is 24.3 Å². The topological polar surface area (TPSA) is 38.3 Å². The second kappa shape index (κ2) is 10.2. The van der Waals surface area contributed by atoms with Gasteiger partial charge in [0.05, 0.1) is 19.6 Å². The molecule has 0 spiro atoms. The number of ether oxygens (including phenoxy) is 1. The number of nitrogens with zero attached hydrogens (tertiary/aromatic N) is 1. The van der Waals surface area contributed by atoms with Gasteiger partial charge in [-0.05, 0) is 48.2 Å². The molecule has 182 valence electrons. The molecule has 1 unspecified atom stereocenters. The summed E-state index contributed by atoms with van der Waals surface area (Å²) in [5, 5.41) is 2.98. The van der Waals surface area contributed by atoms with Crippen LogP contribution in [0.15, 0.2) is 72.8 Å². The fourth-order valence-electron chi connectivity index (χ4n) is 5.69. The highest BCUT2D eigenvalue weighted by Crippen LogP contribution is 2.36. The number of hydrogen-bond acceptors (Lipinski definition) is 2. The van der Waals surface area contributed by atoms with Gasteiger partial charge in [0.25, 0.3) is 0 Å². The molecule has 1 atom stereocenters. The van der Waals surface area contributed by atoms with Crippen LogP contribution < -0.4 is 5.32 Å². The van der Waals surface area contributed by atoms with E-state index in [1.165, 1.54) is 36.3 Å². The van der Waals surface area contributed by atoms with Crippen molar-refractivity contribution < 1.29 is 18.4 Å². The van der Waals surface area contributed by atoms with E-state index in [2.05, 4.69) is 36.5 Å². The Hall–Kier alpha value is -3.18. The van der Waals surface area contributed by atoms with E-state index in [4.69, 9.17) is 4.74 Å². The van der Waals surface area contributed by atoms with Crippen LogP contribution in [0.1, 0.15) is 35.1 Å². The van der Waals surface area contributed by atoms with Gasteiger partial charge in [-0.15, -0.1) is 0 Å². The summed E-state index contributed by atoms with van der Waals surface area (Å²) in [5.41, 5.74) is 5.38. The molecule has 35 heavy (non-hydrogen) atoms. The molecule has 6 rings (SSSR count). The summed E-state index contributed by atoms with van der Waals surface area (Å²) in [6.45, 7) is 6.48. The maximum atomic E-state index is 13.3. The van der Waals surface area contributed by atoms with Crippen LogP contribution in [0.5, 0.6) is 0 Å². The molecule has 3 aromatic carbocycles. The van der Waals surface area contributed by atoms with E-state index in [0.29, 0.717) is 12.3 Å². The average Bonchev–Trinajstić information content (AvgIpc) is 2.87. The number of anilines is 1. The molecule has 3 heterocycles. The van der Waals surface area contributed by atoms with Crippen LogP contribution in [0.2, 0.25) is 0 Å². The van der Waals surface area contributed by atoms with Crippen LogP contribution in [0.4, 0.5) is 14.9 Å². The first kappa shape index (κ1) is 23.6. The number of halogens is 1. The van der Waals surface area contributed by atoms with Crippen molar-refractivity contribution in [3.05, 3.63) is 101 Å². The molecule has 0 saturated carbocycles. The molecule has 3 aliphatic heterocycles. The molecule has 4 nitrogen and oxygen atoms in total. The molecule has 3 aromatic rings. The number of rotatable bonds is 7. The molecule has 1 amide bonds. The number of fused-ring (bicyclic) bond motifs is 3. The number of benzene rings is 3. The smallest absolute Gasteiger partial charge is 0.412 e. The Morgan fingerprint density at radius 3 is 2.40 bits per heavy atom. The average molecular weight is 474 g/mol. The zero-order chi connectivity index (χ0) is 24.3. The fourth-order valence-corrected chi connectivity index (χ4v) is 5.69. The van der Waals surface area contributed by atoms with Crippen LogP contribution >= 0.6 is 0 Å². The molecule has 2 bridgehead atoms. The van der Waals surface area contributed by atoms with Crippen LogP contribution in [0.3, 0.4) is 0 Å². The largest absolute Gasteiger partial charge is 0.440 e. The molecule has 3 saturated heterocycles. The maximum Gasteiger partial charge on any atom is 0.412 e. The van der Waals surface area contributed by atoms with Crippen molar-refractivity contribution in [1.29, 1.82) is 0 Å². The lowest BCUT2D eigenvalue weighted by atomic mass is 9.83. The minimum absolute atomic E-state index is 0.0419. The Bertz CT molecular complexity index is 1150. The number of carbonyl (C=O) groups is 1. The molecule has 0 aliphatic carbocycles. The second-order valence-electron chi connectivity index (χ2n) is 10.3. The van der Waals surface area contributed by atoms with Gasteiger partial charge in [0.2, 0.25) is 0 Å². The molecule has 5 heteroatoms. The van der Waals surface area contributed by atoms with Gasteiger partial charge in [-0.1, -0.05) is 60.2 Å². The third kappa shape index (κ3) is 5.73. The molecular formula is C30H34FN2O2+. The van der Waals surface area contributed by atoms with E-state index in [9.17, 15) is 9.18 Å². The van der Waals surface area contributed by atoms with Crippen molar-refractivity contribution >= 4 is 11.8 Å². The third-order valence-corrected chi connectivity index (χ3v) is 7.86. The Kier molecular flexibility index (Phi) is 6.87. The van der Waals surface area contributed by atoms with Crippen LogP contribution in [0, 0.1) is 18.7 Å². The van der Waals surface area contributed by atoms with E-state index in [1.54, 1.807) is 12.1 Å². The Labute approximate surface area is 207 Å². The zero-order valence-corrected chi connectivity index (χ0v) is 20.4. The lowest BCUT2D eigenvalue weighted by Gasteiger charge is -2.52. The Balaban J connectivity index is 1.20. The first-order valence-electron chi connectivity index (χ1n) is 12.7. The molecule has 0 radical (unpaired) electrons. The first-order chi connectivity index (χ1) is 17.0. The summed E-state index contributed by atoms with van der Waals surface area (Å²) in [5.74, 6) is 0.204. The monoisotopic (exact) mass is 473 g/mol. The van der Waals surface area contributed by atoms with Crippen LogP contribution in [-0.2, 0) is 17.6 Å². The van der Waals surface area contributed by atoms with Crippen molar-refractivity contribution in [2.24, 2.45) is 5.92 Å². The lowest BCUT2D eigenvalue weighted by Crippen LogP contribution is -2.65. The summed E-state index contributed by atoms with van der Waals surface area (Å²) in [6.07, 6.45) is 3.48. The number of aryl methyl sites for hydroxylation is 1. The Morgan fingerprint density at radius 2 is 1.66 bits per heavy atom. The van der Waals surface area contributed by atoms with Crippen LogP contribution in [0.25, 0.3) is 0 Å². The number of piperidine rings is 3. The van der Waals surface area contributed by atoms with Crippen molar-refractivity contribution in [2.75, 3.05) is 31.5 Å². The number of amides is 1. The van der Waals surface area contributed by atoms with Crippen molar-refractivity contribution in [3.63, 3.8) is 0 Å².